The lowest BCUT2D eigenvalue weighted by atomic mass is 10.3. The molecular formula is C9H12NO2. The minimum atomic E-state index is -0.311. The highest BCUT2D eigenvalue weighted by molar-refractivity contribution is 5.20. The van der Waals surface area contributed by atoms with Crippen molar-refractivity contribution in [2.45, 2.75) is 6.04 Å². The fraction of sp³-hybridized carbons (Fsp3) is 0.333. The molecule has 1 rings (SSSR count). The molecule has 0 saturated heterocycles. The summed E-state index contributed by atoms with van der Waals surface area (Å²) in [5, 5.41) is 8.60. The van der Waals surface area contributed by atoms with Crippen molar-refractivity contribution in [3.63, 3.8) is 0 Å². The molecule has 65 valence electrons. The van der Waals surface area contributed by atoms with E-state index in [2.05, 4.69) is 6.07 Å². The number of rotatable bonds is 4. The highest BCUT2D eigenvalue weighted by atomic mass is 16.5. The van der Waals surface area contributed by atoms with Gasteiger partial charge in [-0.05, 0) is 18.2 Å². The van der Waals surface area contributed by atoms with Crippen LogP contribution in [0.3, 0.4) is 0 Å². The molecule has 3 N–H and O–H groups in total. The average molecular weight is 166 g/mol. The normalized spacial score (nSPS) is 12.5. The van der Waals surface area contributed by atoms with Crippen molar-refractivity contribution >= 4 is 0 Å². The average Bonchev–Trinajstić information content (AvgIpc) is 2.16. The summed E-state index contributed by atoms with van der Waals surface area (Å²) in [4.78, 5) is 0. The third kappa shape index (κ3) is 2.90. The molecule has 1 unspecified atom stereocenters. The van der Waals surface area contributed by atoms with Crippen LogP contribution in [0, 0.1) is 6.07 Å². The summed E-state index contributed by atoms with van der Waals surface area (Å²) in [5.74, 6) is 0.748. The van der Waals surface area contributed by atoms with Gasteiger partial charge in [0.1, 0.15) is 12.4 Å². The monoisotopic (exact) mass is 166 g/mol. The van der Waals surface area contributed by atoms with Crippen molar-refractivity contribution in [3.05, 3.63) is 30.3 Å². The molecule has 0 spiro atoms. The summed E-state index contributed by atoms with van der Waals surface area (Å²) >= 11 is 0. The zero-order valence-electron chi connectivity index (χ0n) is 6.73. The van der Waals surface area contributed by atoms with Gasteiger partial charge in [-0.25, -0.2) is 0 Å². The lowest BCUT2D eigenvalue weighted by molar-refractivity contribution is 0.206. The zero-order chi connectivity index (χ0) is 8.81. The Bertz CT molecular complexity index is 213. The van der Waals surface area contributed by atoms with E-state index in [1.54, 1.807) is 24.3 Å². The smallest absolute Gasteiger partial charge is 0.119 e. The number of hydrogen-bond donors (Lipinski definition) is 2. The minimum absolute atomic E-state index is 0.0566. The topological polar surface area (TPSA) is 55.5 Å². The van der Waals surface area contributed by atoms with Crippen LogP contribution in [0.5, 0.6) is 5.75 Å². The van der Waals surface area contributed by atoms with Gasteiger partial charge in [0.2, 0.25) is 0 Å². The van der Waals surface area contributed by atoms with Crippen molar-refractivity contribution in [2.75, 3.05) is 13.2 Å². The van der Waals surface area contributed by atoms with Gasteiger partial charge in [-0.2, -0.15) is 0 Å². The second-order valence-corrected chi connectivity index (χ2v) is 2.49. The van der Waals surface area contributed by atoms with Crippen LogP contribution < -0.4 is 10.5 Å². The second-order valence-electron chi connectivity index (χ2n) is 2.49. The Labute approximate surface area is 71.8 Å². The molecule has 0 fully saturated rings. The number of ether oxygens (including phenoxy) is 1. The van der Waals surface area contributed by atoms with E-state index in [9.17, 15) is 0 Å². The molecule has 1 aromatic carbocycles. The summed E-state index contributed by atoms with van der Waals surface area (Å²) in [7, 11) is 0. The number of nitrogens with two attached hydrogens (primary N) is 1. The molecule has 1 radical (unpaired) electrons. The van der Waals surface area contributed by atoms with Crippen molar-refractivity contribution in [2.24, 2.45) is 5.73 Å². The first-order valence-corrected chi connectivity index (χ1v) is 3.78. The molecule has 0 aromatic heterocycles. The summed E-state index contributed by atoms with van der Waals surface area (Å²) < 4.78 is 5.25. The maximum absolute atomic E-state index is 8.60. The fourth-order valence-electron chi connectivity index (χ4n) is 0.724. The van der Waals surface area contributed by atoms with Crippen LogP contribution in [0.4, 0.5) is 0 Å². The Morgan fingerprint density at radius 2 is 2.17 bits per heavy atom. The van der Waals surface area contributed by atoms with Gasteiger partial charge in [0.25, 0.3) is 0 Å². The van der Waals surface area contributed by atoms with Crippen molar-refractivity contribution in [1.82, 2.24) is 0 Å². The first-order chi connectivity index (χ1) is 5.83. The molecule has 3 nitrogen and oxygen atoms in total. The van der Waals surface area contributed by atoms with Crippen molar-refractivity contribution in [3.8, 4) is 5.75 Å². The zero-order valence-corrected chi connectivity index (χ0v) is 6.73. The lowest BCUT2D eigenvalue weighted by Crippen LogP contribution is -2.31. The molecule has 1 atom stereocenters. The molecule has 0 aliphatic carbocycles. The summed E-state index contributed by atoms with van der Waals surface area (Å²) in [6.07, 6.45) is 0. The van der Waals surface area contributed by atoms with E-state index in [1.807, 2.05) is 0 Å². The standard InChI is InChI=1S/C9H12NO2/c10-8(6-11)7-12-9-4-2-1-3-5-9/h2-5,8,11H,6-7,10H2. The van der Waals surface area contributed by atoms with E-state index in [0.717, 1.165) is 5.75 Å². The molecule has 0 saturated carbocycles. The number of hydrogen-bond acceptors (Lipinski definition) is 3. The van der Waals surface area contributed by atoms with Crippen LogP contribution in [-0.2, 0) is 0 Å². The Balaban J connectivity index is 2.33. The first-order valence-electron chi connectivity index (χ1n) is 3.78. The van der Waals surface area contributed by atoms with Gasteiger partial charge in [-0.15, -0.1) is 0 Å². The van der Waals surface area contributed by atoms with E-state index in [1.165, 1.54) is 0 Å². The third-order valence-corrected chi connectivity index (χ3v) is 1.39. The fourth-order valence-corrected chi connectivity index (χ4v) is 0.724. The molecule has 0 aliphatic heterocycles. The van der Waals surface area contributed by atoms with Crippen molar-refractivity contribution < 1.29 is 9.84 Å². The molecule has 1 aromatic rings. The Morgan fingerprint density at radius 3 is 2.75 bits per heavy atom. The van der Waals surface area contributed by atoms with E-state index in [-0.39, 0.29) is 12.6 Å². The Hall–Kier alpha value is -1.06. The van der Waals surface area contributed by atoms with E-state index >= 15 is 0 Å². The molecule has 0 bridgehead atoms. The van der Waals surface area contributed by atoms with Crippen LogP contribution >= 0.6 is 0 Å². The summed E-state index contributed by atoms with van der Waals surface area (Å²) in [6.45, 7) is 0.277. The second kappa shape index (κ2) is 4.74. The summed E-state index contributed by atoms with van der Waals surface area (Å²) in [5.41, 5.74) is 5.44. The molecule has 0 aliphatic rings. The van der Waals surface area contributed by atoms with Gasteiger partial charge in [0.15, 0.2) is 0 Å². The SMILES string of the molecule is NC(CO)COc1cc[c]cc1. The van der Waals surface area contributed by atoms with E-state index in [0.29, 0.717) is 6.61 Å². The molecule has 3 heteroatoms. The number of aliphatic hydroxyl groups excluding tert-OH is 1. The van der Waals surface area contributed by atoms with Crippen LogP contribution in [0.25, 0.3) is 0 Å². The van der Waals surface area contributed by atoms with E-state index in [4.69, 9.17) is 15.6 Å². The lowest BCUT2D eigenvalue weighted by Gasteiger charge is -2.09. The maximum atomic E-state index is 8.60. The number of aliphatic hydroxyl groups is 1. The van der Waals surface area contributed by atoms with Crippen LogP contribution in [0.2, 0.25) is 0 Å². The van der Waals surface area contributed by atoms with Gasteiger partial charge in [-0.3, -0.25) is 0 Å². The molecule has 0 heterocycles. The number of benzene rings is 1. The quantitative estimate of drug-likeness (QED) is 0.671. The van der Waals surface area contributed by atoms with Crippen LogP contribution in [0.1, 0.15) is 0 Å². The third-order valence-electron chi connectivity index (χ3n) is 1.39. The minimum Gasteiger partial charge on any atom is -0.492 e. The maximum Gasteiger partial charge on any atom is 0.119 e. The van der Waals surface area contributed by atoms with Gasteiger partial charge in [-0.1, -0.05) is 12.1 Å². The Kier molecular flexibility index (Phi) is 3.57. The predicted molar refractivity (Wildman–Crippen MR) is 45.8 cm³/mol. The van der Waals surface area contributed by atoms with Crippen molar-refractivity contribution in [1.29, 1.82) is 0 Å². The predicted octanol–water partition coefficient (Wildman–Crippen LogP) is 0.185. The largest absolute Gasteiger partial charge is 0.492 e. The summed E-state index contributed by atoms with van der Waals surface area (Å²) in [6, 6.07) is 9.68. The van der Waals surface area contributed by atoms with Crippen LogP contribution in [-0.4, -0.2) is 24.4 Å². The molecular weight excluding hydrogens is 154 g/mol. The molecule has 0 amide bonds. The molecule has 12 heavy (non-hydrogen) atoms. The highest BCUT2D eigenvalue weighted by Gasteiger charge is 1.99. The van der Waals surface area contributed by atoms with Gasteiger partial charge < -0.3 is 15.6 Å². The Morgan fingerprint density at radius 1 is 1.50 bits per heavy atom. The van der Waals surface area contributed by atoms with Gasteiger partial charge in [0, 0.05) is 0 Å². The van der Waals surface area contributed by atoms with Gasteiger partial charge in [0.05, 0.1) is 12.6 Å². The van der Waals surface area contributed by atoms with Gasteiger partial charge >= 0.3 is 0 Å². The first kappa shape index (κ1) is 9.03. The van der Waals surface area contributed by atoms with Crippen LogP contribution in [0.15, 0.2) is 24.3 Å². The highest BCUT2D eigenvalue weighted by Crippen LogP contribution is 2.07. The van der Waals surface area contributed by atoms with E-state index < -0.39 is 0 Å².